The maximum Gasteiger partial charge on any atom is 0.339 e. The molecule has 3 rings (SSSR count). The number of carbonyl (C=O) groups is 2. The zero-order valence-corrected chi connectivity index (χ0v) is 13.8. The number of esters is 1. The zero-order chi connectivity index (χ0) is 17.0. The number of hydrogen-bond donors (Lipinski definition) is 0. The molecule has 1 aliphatic heterocycles. The highest BCUT2D eigenvalue weighted by atomic mass is 16.6. The summed E-state index contributed by atoms with van der Waals surface area (Å²) >= 11 is 0. The van der Waals surface area contributed by atoms with Crippen LogP contribution in [0.4, 0.5) is 0 Å². The Morgan fingerprint density at radius 2 is 1.38 bits per heavy atom. The second-order valence-corrected chi connectivity index (χ2v) is 6.25. The van der Waals surface area contributed by atoms with Gasteiger partial charge in [-0.15, -0.1) is 0 Å². The quantitative estimate of drug-likeness (QED) is 0.640. The number of ketones is 1. The topological polar surface area (TPSA) is 46.6 Å². The van der Waals surface area contributed by atoms with E-state index in [0.29, 0.717) is 24.0 Å². The molecule has 124 valence electrons. The Balaban J connectivity index is 1.89. The maximum atomic E-state index is 13.1. The third-order valence-electron chi connectivity index (χ3n) is 4.54. The number of hydrogen-bond acceptors (Lipinski definition) is 4. The number of nitrogens with zero attached hydrogens (tertiary/aromatic N) is 1. The van der Waals surface area contributed by atoms with Gasteiger partial charge in [0.1, 0.15) is 0 Å². The standard InChI is InChI=1S/C20H21NO3/c1-21-14-12-20(13-15-21,18(22)16-8-4-2-5-9-16)24-19(23)17-10-6-3-7-11-17/h2-11H,12-15H2,1H3. The summed E-state index contributed by atoms with van der Waals surface area (Å²) in [4.78, 5) is 27.8. The lowest BCUT2D eigenvalue weighted by Gasteiger charge is -2.38. The predicted octanol–water partition coefficient (Wildman–Crippen LogP) is 3.19. The van der Waals surface area contributed by atoms with Crippen molar-refractivity contribution in [3.8, 4) is 0 Å². The smallest absolute Gasteiger partial charge is 0.339 e. The van der Waals surface area contributed by atoms with E-state index in [2.05, 4.69) is 4.90 Å². The van der Waals surface area contributed by atoms with Gasteiger partial charge >= 0.3 is 5.97 Å². The molecule has 0 saturated carbocycles. The van der Waals surface area contributed by atoms with E-state index in [-0.39, 0.29) is 5.78 Å². The average molecular weight is 323 g/mol. The minimum atomic E-state index is -1.08. The molecular weight excluding hydrogens is 302 g/mol. The van der Waals surface area contributed by atoms with Gasteiger partial charge in [0.2, 0.25) is 5.78 Å². The summed E-state index contributed by atoms with van der Waals surface area (Å²) in [6.45, 7) is 1.45. The van der Waals surface area contributed by atoms with E-state index in [0.717, 1.165) is 13.1 Å². The van der Waals surface area contributed by atoms with Crippen molar-refractivity contribution in [2.24, 2.45) is 0 Å². The van der Waals surface area contributed by atoms with Crippen LogP contribution >= 0.6 is 0 Å². The Hall–Kier alpha value is -2.46. The molecule has 1 aliphatic rings. The molecule has 2 aromatic carbocycles. The first kappa shape index (κ1) is 16.4. The first-order valence-corrected chi connectivity index (χ1v) is 8.17. The first-order valence-electron chi connectivity index (χ1n) is 8.17. The van der Waals surface area contributed by atoms with Gasteiger partial charge in [0.05, 0.1) is 5.56 Å². The van der Waals surface area contributed by atoms with Crippen LogP contribution in [0.2, 0.25) is 0 Å². The van der Waals surface area contributed by atoms with Gasteiger partial charge in [-0.2, -0.15) is 0 Å². The van der Waals surface area contributed by atoms with Crippen LogP contribution in [0.3, 0.4) is 0 Å². The third kappa shape index (κ3) is 3.39. The van der Waals surface area contributed by atoms with Gasteiger partial charge in [-0.3, -0.25) is 4.79 Å². The molecule has 0 spiro atoms. The van der Waals surface area contributed by atoms with Crippen LogP contribution in [0.5, 0.6) is 0 Å². The van der Waals surface area contributed by atoms with Crippen LogP contribution in [0.25, 0.3) is 0 Å². The summed E-state index contributed by atoms with van der Waals surface area (Å²) in [6, 6.07) is 17.9. The lowest BCUT2D eigenvalue weighted by Crippen LogP contribution is -2.51. The highest BCUT2D eigenvalue weighted by Gasteiger charge is 2.44. The molecule has 0 atom stereocenters. The SMILES string of the molecule is CN1CCC(OC(=O)c2ccccc2)(C(=O)c2ccccc2)CC1. The average Bonchev–Trinajstić information content (AvgIpc) is 2.64. The first-order chi connectivity index (χ1) is 11.6. The van der Waals surface area contributed by atoms with Crippen molar-refractivity contribution in [3.05, 3.63) is 71.8 Å². The van der Waals surface area contributed by atoms with Crippen LogP contribution in [-0.2, 0) is 4.74 Å². The Morgan fingerprint density at radius 1 is 0.875 bits per heavy atom. The summed E-state index contributed by atoms with van der Waals surface area (Å²) < 4.78 is 5.81. The molecule has 0 N–H and O–H groups in total. The Kier molecular flexibility index (Phi) is 4.76. The molecule has 2 aromatic rings. The lowest BCUT2D eigenvalue weighted by molar-refractivity contribution is -0.0327. The summed E-state index contributed by atoms with van der Waals surface area (Å²) in [5, 5.41) is 0. The van der Waals surface area contributed by atoms with Gasteiger partial charge in [0.25, 0.3) is 0 Å². The monoisotopic (exact) mass is 323 g/mol. The molecule has 24 heavy (non-hydrogen) atoms. The number of piperidine rings is 1. The minimum Gasteiger partial charge on any atom is -0.447 e. The van der Waals surface area contributed by atoms with Crippen molar-refractivity contribution >= 4 is 11.8 Å². The van der Waals surface area contributed by atoms with E-state index in [9.17, 15) is 9.59 Å². The van der Waals surface area contributed by atoms with Gasteiger partial charge in [-0.25, -0.2) is 4.79 Å². The van der Waals surface area contributed by atoms with E-state index < -0.39 is 11.6 Å². The van der Waals surface area contributed by atoms with E-state index in [1.165, 1.54) is 0 Å². The maximum absolute atomic E-state index is 13.1. The van der Waals surface area contributed by atoms with Crippen molar-refractivity contribution in [1.29, 1.82) is 0 Å². The minimum absolute atomic E-state index is 0.111. The number of rotatable bonds is 4. The summed E-state index contributed by atoms with van der Waals surface area (Å²) in [5.74, 6) is -0.551. The van der Waals surface area contributed by atoms with Gasteiger partial charge in [-0.1, -0.05) is 48.5 Å². The number of ether oxygens (including phenoxy) is 1. The fourth-order valence-electron chi connectivity index (χ4n) is 3.02. The van der Waals surface area contributed by atoms with E-state index >= 15 is 0 Å². The number of likely N-dealkylation sites (tertiary alicyclic amines) is 1. The Labute approximate surface area is 142 Å². The number of benzene rings is 2. The molecule has 1 saturated heterocycles. The summed E-state index contributed by atoms with van der Waals surface area (Å²) in [7, 11) is 2.01. The fourth-order valence-corrected chi connectivity index (χ4v) is 3.02. The number of carbonyl (C=O) groups excluding carboxylic acids is 2. The molecule has 0 unspecified atom stereocenters. The van der Waals surface area contributed by atoms with Gasteiger partial charge in [0.15, 0.2) is 5.60 Å². The summed E-state index contributed by atoms with van der Waals surface area (Å²) in [6.07, 6.45) is 1.02. The van der Waals surface area contributed by atoms with Crippen LogP contribution in [0, 0.1) is 0 Å². The molecule has 1 heterocycles. The molecule has 0 radical (unpaired) electrons. The Morgan fingerprint density at radius 3 is 1.92 bits per heavy atom. The second kappa shape index (κ2) is 6.97. The van der Waals surface area contributed by atoms with Crippen molar-refractivity contribution < 1.29 is 14.3 Å². The van der Waals surface area contributed by atoms with Crippen LogP contribution in [0.15, 0.2) is 60.7 Å². The highest BCUT2D eigenvalue weighted by Crippen LogP contribution is 2.31. The molecule has 0 aliphatic carbocycles. The van der Waals surface area contributed by atoms with Crippen molar-refractivity contribution in [3.63, 3.8) is 0 Å². The zero-order valence-electron chi connectivity index (χ0n) is 13.8. The van der Waals surface area contributed by atoms with Crippen LogP contribution in [0.1, 0.15) is 33.6 Å². The molecular formula is C20H21NO3. The fraction of sp³-hybridized carbons (Fsp3) is 0.300. The van der Waals surface area contributed by atoms with Gasteiger partial charge in [0, 0.05) is 31.5 Å². The van der Waals surface area contributed by atoms with Crippen LogP contribution in [-0.4, -0.2) is 42.4 Å². The van der Waals surface area contributed by atoms with E-state index in [1.807, 2.05) is 31.3 Å². The lowest BCUT2D eigenvalue weighted by atomic mass is 9.83. The molecule has 4 heteroatoms. The normalized spacial score (nSPS) is 17.2. The molecule has 0 aromatic heterocycles. The Bertz CT molecular complexity index is 704. The van der Waals surface area contributed by atoms with Crippen molar-refractivity contribution in [2.45, 2.75) is 18.4 Å². The van der Waals surface area contributed by atoms with Crippen LogP contribution < -0.4 is 0 Å². The highest BCUT2D eigenvalue weighted by molar-refractivity contribution is 6.04. The summed E-state index contributed by atoms with van der Waals surface area (Å²) in [5.41, 5.74) is -0.0274. The molecule has 1 fully saturated rings. The van der Waals surface area contributed by atoms with Gasteiger partial charge in [-0.05, 0) is 19.2 Å². The predicted molar refractivity (Wildman–Crippen MR) is 92.1 cm³/mol. The van der Waals surface area contributed by atoms with E-state index in [4.69, 9.17) is 4.74 Å². The second-order valence-electron chi connectivity index (χ2n) is 6.25. The molecule has 4 nitrogen and oxygen atoms in total. The molecule has 0 bridgehead atoms. The van der Waals surface area contributed by atoms with E-state index in [1.54, 1.807) is 36.4 Å². The largest absolute Gasteiger partial charge is 0.447 e. The number of Topliss-reactive ketones (excluding diaryl/α,β-unsaturated/α-hetero) is 1. The van der Waals surface area contributed by atoms with Gasteiger partial charge < -0.3 is 9.64 Å². The third-order valence-corrected chi connectivity index (χ3v) is 4.54. The molecule has 0 amide bonds. The van der Waals surface area contributed by atoms with Crippen molar-refractivity contribution in [2.75, 3.05) is 20.1 Å². The van der Waals surface area contributed by atoms with Crippen molar-refractivity contribution in [1.82, 2.24) is 4.90 Å².